The van der Waals surface area contributed by atoms with Gasteiger partial charge in [-0.15, -0.1) is 11.8 Å². The van der Waals surface area contributed by atoms with Gasteiger partial charge in [-0.1, -0.05) is 6.92 Å². The third-order valence-corrected chi connectivity index (χ3v) is 4.54. The molecule has 2 N–H and O–H groups in total. The van der Waals surface area contributed by atoms with E-state index in [9.17, 15) is 14.4 Å². The quantitative estimate of drug-likeness (QED) is 0.884. The predicted octanol–water partition coefficient (Wildman–Crippen LogP) is 1.94. The van der Waals surface area contributed by atoms with Crippen LogP contribution < -0.4 is 5.32 Å². The van der Waals surface area contributed by atoms with Gasteiger partial charge < -0.3 is 15.3 Å². The number of hydrogen-bond donors (Lipinski definition) is 2. The molecular weight excluding hydrogens is 304 g/mol. The second kappa shape index (κ2) is 6.83. The maximum absolute atomic E-state index is 12.3. The summed E-state index contributed by atoms with van der Waals surface area (Å²) in [4.78, 5) is 36.7. The van der Waals surface area contributed by atoms with Crippen LogP contribution in [-0.4, -0.2) is 45.5 Å². The fourth-order valence-electron chi connectivity index (χ4n) is 2.32. The number of thioether (sulfide) groups is 1. The van der Waals surface area contributed by atoms with Crippen molar-refractivity contribution < 1.29 is 19.5 Å². The Bertz CT molecular complexity index is 618. The van der Waals surface area contributed by atoms with Gasteiger partial charge in [-0.25, -0.2) is 4.79 Å². The van der Waals surface area contributed by atoms with Crippen LogP contribution in [0.15, 0.2) is 18.2 Å². The Morgan fingerprint density at radius 2 is 2.14 bits per heavy atom. The molecule has 1 aromatic rings. The number of hydrogen-bond acceptors (Lipinski definition) is 4. The van der Waals surface area contributed by atoms with E-state index in [4.69, 9.17) is 5.11 Å². The second-order valence-corrected chi connectivity index (χ2v) is 6.06. The average Bonchev–Trinajstić information content (AvgIpc) is 2.95. The van der Waals surface area contributed by atoms with Gasteiger partial charge >= 0.3 is 5.97 Å². The van der Waals surface area contributed by atoms with E-state index in [0.717, 1.165) is 0 Å². The number of rotatable bonds is 4. The summed E-state index contributed by atoms with van der Waals surface area (Å²) < 4.78 is 0. The molecule has 7 heteroatoms. The summed E-state index contributed by atoms with van der Waals surface area (Å²) in [7, 11) is 0. The lowest BCUT2D eigenvalue weighted by atomic mass is 10.1. The monoisotopic (exact) mass is 322 g/mol. The molecule has 6 nitrogen and oxygen atoms in total. The maximum Gasteiger partial charge on any atom is 0.335 e. The van der Waals surface area contributed by atoms with Crippen molar-refractivity contribution in [2.45, 2.75) is 26.3 Å². The highest BCUT2D eigenvalue weighted by molar-refractivity contribution is 7.99. The number of aromatic carboxylic acids is 1. The number of nitrogens with zero attached hydrogens (tertiary/aromatic N) is 1. The second-order valence-electron chi connectivity index (χ2n) is 5.06. The lowest BCUT2D eigenvalue weighted by Crippen LogP contribution is -2.44. The van der Waals surface area contributed by atoms with Crippen molar-refractivity contribution in [3.05, 3.63) is 29.3 Å². The van der Waals surface area contributed by atoms with Crippen LogP contribution in [0, 0.1) is 6.92 Å². The number of carbonyl (C=O) groups is 3. The van der Waals surface area contributed by atoms with Crippen LogP contribution >= 0.6 is 11.8 Å². The standard InChI is InChI=1S/C15H18N2O4S/c1-3-13(18)17-8-22-7-12(17)14(19)16-10-4-5-11(15(20)21)9(2)6-10/h4-6,12H,3,7-8H2,1-2H3,(H,16,19)(H,20,21). The highest BCUT2D eigenvalue weighted by atomic mass is 32.2. The highest BCUT2D eigenvalue weighted by Crippen LogP contribution is 2.23. The summed E-state index contributed by atoms with van der Waals surface area (Å²) in [5.74, 6) is -0.176. The van der Waals surface area contributed by atoms with Gasteiger partial charge in [0.1, 0.15) is 6.04 Å². The number of anilines is 1. The molecule has 1 unspecified atom stereocenters. The summed E-state index contributed by atoms with van der Waals surface area (Å²) in [5, 5.41) is 11.8. The zero-order chi connectivity index (χ0) is 16.3. The number of carboxylic acid groups (broad SMARTS) is 1. The molecule has 118 valence electrons. The molecule has 2 amide bonds. The average molecular weight is 322 g/mol. The number of aryl methyl sites for hydroxylation is 1. The molecule has 1 heterocycles. The molecule has 0 radical (unpaired) electrons. The third kappa shape index (κ3) is 3.41. The van der Waals surface area contributed by atoms with Gasteiger partial charge in [-0.3, -0.25) is 9.59 Å². The van der Waals surface area contributed by atoms with Crippen LogP contribution in [0.2, 0.25) is 0 Å². The van der Waals surface area contributed by atoms with Crippen molar-refractivity contribution in [3.8, 4) is 0 Å². The summed E-state index contributed by atoms with van der Waals surface area (Å²) in [6.07, 6.45) is 0.372. The fourth-order valence-corrected chi connectivity index (χ4v) is 3.50. The maximum atomic E-state index is 12.3. The first-order valence-corrected chi connectivity index (χ1v) is 8.11. The summed E-state index contributed by atoms with van der Waals surface area (Å²) in [6.45, 7) is 3.45. The Morgan fingerprint density at radius 3 is 2.73 bits per heavy atom. The third-order valence-electron chi connectivity index (χ3n) is 3.53. The molecule has 0 spiro atoms. The first kappa shape index (κ1) is 16.4. The van der Waals surface area contributed by atoms with Gasteiger partial charge in [-0.2, -0.15) is 0 Å². The number of benzene rings is 1. The zero-order valence-corrected chi connectivity index (χ0v) is 13.3. The summed E-state index contributed by atoms with van der Waals surface area (Å²) in [6, 6.07) is 4.17. The van der Waals surface area contributed by atoms with E-state index in [1.165, 1.54) is 6.07 Å². The van der Waals surface area contributed by atoms with Crippen molar-refractivity contribution in [2.75, 3.05) is 16.9 Å². The van der Waals surface area contributed by atoms with E-state index in [2.05, 4.69) is 5.32 Å². The van der Waals surface area contributed by atoms with Crippen molar-refractivity contribution in [3.63, 3.8) is 0 Å². The highest BCUT2D eigenvalue weighted by Gasteiger charge is 2.33. The Balaban J connectivity index is 2.10. The molecule has 2 rings (SSSR count). The van der Waals surface area contributed by atoms with Crippen LogP contribution in [0.25, 0.3) is 0 Å². The molecule has 1 aliphatic heterocycles. The van der Waals surface area contributed by atoms with E-state index in [-0.39, 0.29) is 17.4 Å². The molecule has 1 saturated heterocycles. The molecule has 0 saturated carbocycles. The van der Waals surface area contributed by atoms with Crippen molar-refractivity contribution >= 4 is 35.2 Å². The molecule has 1 aliphatic rings. The molecule has 1 aromatic carbocycles. The summed E-state index contributed by atoms with van der Waals surface area (Å²) >= 11 is 1.55. The van der Waals surface area contributed by atoms with Crippen LogP contribution in [0.3, 0.4) is 0 Å². The van der Waals surface area contributed by atoms with Crippen molar-refractivity contribution in [1.29, 1.82) is 0 Å². The smallest absolute Gasteiger partial charge is 0.335 e. The minimum absolute atomic E-state index is 0.0393. The molecule has 22 heavy (non-hydrogen) atoms. The Morgan fingerprint density at radius 1 is 1.41 bits per heavy atom. The van der Waals surface area contributed by atoms with Gasteiger partial charge in [0.2, 0.25) is 11.8 Å². The van der Waals surface area contributed by atoms with Gasteiger partial charge in [0.05, 0.1) is 11.4 Å². The Kier molecular flexibility index (Phi) is 5.07. The molecule has 0 bridgehead atoms. The first-order chi connectivity index (χ1) is 10.4. The normalized spacial score (nSPS) is 17.4. The van der Waals surface area contributed by atoms with Gasteiger partial charge in [0, 0.05) is 17.9 Å². The molecule has 1 fully saturated rings. The van der Waals surface area contributed by atoms with E-state index in [0.29, 0.717) is 29.3 Å². The predicted molar refractivity (Wildman–Crippen MR) is 85.0 cm³/mol. The minimum atomic E-state index is -0.998. The topological polar surface area (TPSA) is 86.7 Å². The number of carboxylic acids is 1. The van der Waals surface area contributed by atoms with Crippen LogP contribution in [-0.2, 0) is 9.59 Å². The molecule has 0 aromatic heterocycles. The van der Waals surface area contributed by atoms with Gasteiger partial charge in [0.15, 0.2) is 0 Å². The van der Waals surface area contributed by atoms with E-state index >= 15 is 0 Å². The van der Waals surface area contributed by atoms with Crippen LogP contribution in [0.1, 0.15) is 29.3 Å². The molecule has 0 aliphatic carbocycles. The fraction of sp³-hybridized carbons (Fsp3) is 0.400. The Hall–Kier alpha value is -2.02. The molecular formula is C15H18N2O4S. The first-order valence-electron chi connectivity index (χ1n) is 6.96. The SMILES string of the molecule is CCC(=O)N1CSCC1C(=O)Nc1ccc(C(=O)O)c(C)c1. The van der Waals surface area contributed by atoms with Crippen molar-refractivity contribution in [2.24, 2.45) is 0 Å². The number of amides is 2. The van der Waals surface area contributed by atoms with Crippen LogP contribution in [0.4, 0.5) is 5.69 Å². The largest absolute Gasteiger partial charge is 0.478 e. The van der Waals surface area contributed by atoms with Gasteiger partial charge in [0.25, 0.3) is 0 Å². The Labute approximate surface area is 132 Å². The zero-order valence-electron chi connectivity index (χ0n) is 12.5. The number of nitrogens with one attached hydrogen (secondary N) is 1. The van der Waals surface area contributed by atoms with Crippen LogP contribution in [0.5, 0.6) is 0 Å². The van der Waals surface area contributed by atoms with E-state index in [1.807, 2.05) is 0 Å². The van der Waals surface area contributed by atoms with Gasteiger partial charge in [-0.05, 0) is 30.7 Å². The van der Waals surface area contributed by atoms with Crippen molar-refractivity contribution in [1.82, 2.24) is 4.90 Å². The van der Waals surface area contributed by atoms with E-state index in [1.54, 1.807) is 42.6 Å². The van der Waals surface area contributed by atoms with E-state index < -0.39 is 12.0 Å². The summed E-state index contributed by atoms with van der Waals surface area (Å²) in [5.41, 5.74) is 1.32. The number of carbonyl (C=O) groups excluding carboxylic acids is 2. The lowest BCUT2D eigenvalue weighted by molar-refractivity contribution is -0.135. The molecule has 1 atom stereocenters. The minimum Gasteiger partial charge on any atom is -0.478 e. The lowest BCUT2D eigenvalue weighted by Gasteiger charge is -2.22.